The molecule has 6 nitrogen and oxygen atoms in total. The number of pyridine rings is 1. The Morgan fingerprint density at radius 2 is 2.25 bits per heavy atom. The number of nitrogens with zero attached hydrogens (tertiary/aromatic N) is 4. The average molecular weight is 274 g/mol. The molecule has 6 heteroatoms. The molecule has 0 saturated carbocycles. The molecule has 0 bridgehead atoms. The summed E-state index contributed by atoms with van der Waals surface area (Å²) in [6.07, 6.45) is 1.89. The molecule has 1 unspecified atom stereocenters. The summed E-state index contributed by atoms with van der Waals surface area (Å²) in [5, 5.41) is 3.86. The van der Waals surface area contributed by atoms with E-state index in [9.17, 15) is 0 Å². The molecule has 1 saturated heterocycles. The molecule has 1 aliphatic heterocycles. The van der Waals surface area contributed by atoms with Crippen molar-refractivity contribution in [1.29, 1.82) is 0 Å². The maximum atomic E-state index is 5.54. The van der Waals surface area contributed by atoms with E-state index in [1.54, 1.807) is 0 Å². The smallest absolute Gasteiger partial charge is 0.246 e. The van der Waals surface area contributed by atoms with Gasteiger partial charge in [-0.2, -0.15) is 4.98 Å². The minimum atomic E-state index is 0.00746. The van der Waals surface area contributed by atoms with Crippen molar-refractivity contribution in [3.63, 3.8) is 0 Å². The van der Waals surface area contributed by atoms with E-state index < -0.39 is 0 Å². The highest BCUT2D eigenvalue weighted by atomic mass is 16.5. The fraction of sp³-hybridized carbons (Fsp3) is 0.500. The Balaban J connectivity index is 1.77. The van der Waals surface area contributed by atoms with Crippen molar-refractivity contribution < 1.29 is 9.26 Å². The highest BCUT2D eigenvalue weighted by molar-refractivity contribution is 5.12. The number of hydrogen-bond acceptors (Lipinski definition) is 6. The van der Waals surface area contributed by atoms with Gasteiger partial charge in [-0.1, -0.05) is 11.2 Å². The Bertz CT molecular complexity index is 567. The Hall–Kier alpha value is -1.79. The van der Waals surface area contributed by atoms with E-state index in [-0.39, 0.29) is 6.04 Å². The normalized spacial score (nSPS) is 20.2. The topological polar surface area (TPSA) is 64.3 Å². The molecule has 3 heterocycles. The first-order chi connectivity index (χ1) is 9.72. The van der Waals surface area contributed by atoms with E-state index in [0.29, 0.717) is 18.3 Å². The van der Waals surface area contributed by atoms with Gasteiger partial charge in [0.2, 0.25) is 5.89 Å². The Morgan fingerprint density at radius 3 is 2.95 bits per heavy atom. The standard InChI is InChI=1S/C14H18N4O2/c1-10-3-4-12(15-7-10)8-18-5-6-19-9-13(18)14-16-11(2)17-20-14/h3-4,7,13H,5-6,8-9H2,1-2H3. The SMILES string of the molecule is Cc1ccc(CN2CCOCC2c2nc(C)no2)nc1. The van der Waals surface area contributed by atoms with Crippen molar-refractivity contribution in [2.45, 2.75) is 26.4 Å². The minimum Gasteiger partial charge on any atom is -0.378 e. The van der Waals surface area contributed by atoms with Crippen LogP contribution in [0.15, 0.2) is 22.9 Å². The van der Waals surface area contributed by atoms with Crippen LogP contribution in [0.2, 0.25) is 0 Å². The molecule has 2 aromatic heterocycles. The van der Waals surface area contributed by atoms with Crippen molar-refractivity contribution in [3.05, 3.63) is 41.3 Å². The molecule has 1 aliphatic rings. The predicted molar refractivity (Wildman–Crippen MR) is 72.0 cm³/mol. The molecule has 3 rings (SSSR count). The van der Waals surface area contributed by atoms with Gasteiger partial charge in [0, 0.05) is 19.3 Å². The molecule has 0 spiro atoms. The van der Waals surface area contributed by atoms with Gasteiger partial charge in [-0.25, -0.2) is 0 Å². The fourth-order valence-electron chi connectivity index (χ4n) is 2.30. The van der Waals surface area contributed by atoms with Crippen molar-refractivity contribution in [2.75, 3.05) is 19.8 Å². The number of aryl methyl sites for hydroxylation is 2. The lowest BCUT2D eigenvalue weighted by Gasteiger charge is -2.32. The maximum Gasteiger partial charge on any atom is 0.246 e. The van der Waals surface area contributed by atoms with Gasteiger partial charge >= 0.3 is 0 Å². The van der Waals surface area contributed by atoms with Crippen LogP contribution in [-0.2, 0) is 11.3 Å². The van der Waals surface area contributed by atoms with Gasteiger partial charge in [-0.05, 0) is 25.5 Å². The molecular weight excluding hydrogens is 256 g/mol. The van der Waals surface area contributed by atoms with Crippen molar-refractivity contribution >= 4 is 0 Å². The highest BCUT2D eigenvalue weighted by Gasteiger charge is 2.29. The zero-order chi connectivity index (χ0) is 13.9. The van der Waals surface area contributed by atoms with E-state index >= 15 is 0 Å². The van der Waals surface area contributed by atoms with Crippen LogP contribution in [0.1, 0.15) is 29.0 Å². The van der Waals surface area contributed by atoms with Crippen LogP contribution in [0.3, 0.4) is 0 Å². The molecular formula is C14H18N4O2. The van der Waals surface area contributed by atoms with Gasteiger partial charge < -0.3 is 9.26 Å². The Labute approximate surface area is 117 Å². The first-order valence-corrected chi connectivity index (χ1v) is 6.76. The second-order valence-electron chi connectivity index (χ2n) is 5.07. The summed E-state index contributed by atoms with van der Waals surface area (Å²) in [5.41, 5.74) is 2.21. The third-order valence-corrected chi connectivity index (χ3v) is 3.41. The summed E-state index contributed by atoms with van der Waals surface area (Å²) in [7, 11) is 0. The van der Waals surface area contributed by atoms with Gasteiger partial charge in [0.1, 0.15) is 6.04 Å². The zero-order valence-corrected chi connectivity index (χ0v) is 11.7. The van der Waals surface area contributed by atoms with Gasteiger partial charge in [0.15, 0.2) is 5.82 Å². The number of ether oxygens (including phenoxy) is 1. The van der Waals surface area contributed by atoms with Crippen LogP contribution in [0, 0.1) is 13.8 Å². The molecule has 106 valence electrons. The van der Waals surface area contributed by atoms with Crippen LogP contribution < -0.4 is 0 Å². The summed E-state index contributed by atoms with van der Waals surface area (Å²) in [6.45, 7) is 6.75. The van der Waals surface area contributed by atoms with Gasteiger partial charge in [0.25, 0.3) is 0 Å². The molecule has 0 amide bonds. The molecule has 0 aliphatic carbocycles. The lowest BCUT2D eigenvalue weighted by molar-refractivity contribution is -0.0246. The van der Waals surface area contributed by atoms with E-state index in [1.165, 1.54) is 5.56 Å². The molecule has 1 atom stereocenters. The number of rotatable bonds is 3. The average Bonchev–Trinajstić information content (AvgIpc) is 2.88. The van der Waals surface area contributed by atoms with Gasteiger partial charge in [-0.3, -0.25) is 9.88 Å². The molecule has 0 N–H and O–H groups in total. The molecule has 0 radical (unpaired) electrons. The number of aromatic nitrogens is 3. The molecule has 1 fully saturated rings. The number of morpholine rings is 1. The third kappa shape index (κ3) is 2.86. The zero-order valence-electron chi connectivity index (χ0n) is 11.7. The monoisotopic (exact) mass is 274 g/mol. The lowest BCUT2D eigenvalue weighted by Crippen LogP contribution is -2.39. The highest BCUT2D eigenvalue weighted by Crippen LogP contribution is 2.24. The maximum absolute atomic E-state index is 5.54. The first-order valence-electron chi connectivity index (χ1n) is 6.76. The minimum absolute atomic E-state index is 0.00746. The fourth-order valence-corrected chi connectivity index (χ4v) is 2.30. The van der Waals surface area contributed by atoms with Crippen LogP contribution in [-0.4, -0.2) is 39.8 Å². The summed E-state index contributed by atoms with van der Waals surface area (Å²) < 4.78 is 10.8. The van der Waals surface area contributed by atoms with Crippen LogP contribution in [0.5, 0.6) is 0 Å². The van der Waals surface area contributed by atoms with Crippen LogP contribution >= 0.6 is 0 Å². The number of hydrogen-bond donors (Lipinski definition) is 0. The second-order valence-corrected chi connectivity index (χ2v) is 5.07. The van der Waals surface area contributed by atoms with Crippen molar-refractivity contribution in [3.8, 4) is 0 Å². The largest absolute Gasteiger partial charge is 0.378 e. The molecule has 2 aromatic rings. The summed E-state index contributed by atoms with van der Waals surface area (Å²) in [6, 6.07) is 4.14. The molecule has 0 aromatic carbocycles. The van der Waals surface area contributed by atoms with Gasteiger partial charge in [-0.15, -0.1) is 0 Å². The van der Waals surface area contributed by atoms with Gasteiger partial charge in [0.05, 0.1) is 18.9 Å². The molecule has 20 heavy (non-hydrogen) atoms. The van der Waals surface area contributed by atoms with Crippen molar-refractivity contribution in [2.24, 2.45) is 0 Å². The summed E-state index contributed by atoms with van der Waals surface area (Å²) in [4.78, 5) is 11.0. The second kappa shape index (κ2) is 5.68. The third-order valence-electron chi connectivity index (χ3n) is 3.41. The van der Waals surface area contributed by atoms with Crippen LogP contribution in [0.25, 0.3) is 0 Å². The van der Waals surface area contributed by atoms with E-state index in [0.717, 1.165) is 25.4 Å². The van der Waals surface area contributed by atoms with Crippen LogP contribution in [0.4, 0.5) is 0 Å². The van der Waals surface area contributed by atoms with E-state index in [2.05, 4.69) is 32.2 Å². The lowest BCUT2D eigenvalue weighted by atomic mass is 10.2. The quantitative estimate of drug-likeness (QED) is 0.848. The first kappa shape index (κ1) is 13.2. The predicted octanol–water partition coefficient (Wildman–Crippen LogP) is 1.65. The Morgan fingerprint density at radius 1 is 1.35 bits per heavy atom. The van der Waals surface area contributed by atoms with E-state index in [4.69, 9.17) is 9.26 Å². The summed E-state index contributed by atoms with van der Waals surface area (Å²) >= 11 is 0. The van der Waals surface area contributed by atoms with Crippen molar-refractivity contribution in [1.82, 2.24) is 20.0 Å². The van der Waals surface area contributed by atoms with E-state index in [1.807, 2.05) is 20.0 Å². The Kier molecular flexibility index (Phi) is 3.75. The summed E-state index contributed by atoms with van der Waals surface area (Å²) in [5.74, 6) is 1.27.